The predicted octanol–water partition coefficient (Wildman–Crippen LogP) is 3.63. The first-order valence-electron chi connectivity index (χ1n) is 9.86. The van der Waals surface area contributed by atoms with E-state index < -0.39 is 26.7 Å². The van der Waals surface area contributed by atoms with Crippen LogP contribution in [0.1, 0.15) is 61.8 Å². The van der Waals surface area contributed by atoms with Crippen LogP contribution in [0.2, 0.25) is 0 Å². The molecule has 29 heavy (non-hydrogen) atoms. The molecule has 1 fully saturated rings. The van der Waals surface area contributed by atoms with Gasteiger partial charge < -0.3 is 14.8 Å². The molecule has 4 rings (SSSR count). The topological polar surface area (TPSA) is 109 Å². The Kier molecular flexibility index (Phi) is 4.74. The number of aliphatic hydroxyl groups is 1. The first kappa shape index (κ1) is 20.0. The van der Waals surface area contributed by atoms with Crippen LogP contribution in [0.25, 0.3) is 0 Å². The number of sulfonamides is 1. The fraction of sp³-hybridized carbons (Fsp3) is 0.476. The van der Waals surface area contributed by atoms with Crippen LogP contribution in [0.4, 0.5) is 10.5 Å². The molecule has 1 saturated carbocycles. The van der Waals surface area contributed by atoms with Crippen molar-refractivity contribution in [1.29, 1.82) is 0 Å². The summed E-state index contributed by atoms with van der Waals surface area (Å²) in [7, 11) is -4.20. The highest BCUT2D eigenvalue weighted by molar-refractivity contribution is 7.89. The highest BCUT2D eigenvalue weighted by Crippen LogP contribution is 2.46. The number of hydrogen-bond donors (Lipinski definition) is 3. The minimum atomic E-state index is -4.20. The van der Waals surface area contributed by atoms with Gasteiger partial charge in [-0.3, -0.25) is 0 Å². The standard InChI is InChI=1S/C21H26N2O5S/c1-12(13-4-5-13)16-8-6-14-7-9-17(14)19(16)22-20(24)23-29(26,27)18-10-15(11-28-18)21(2,3)25/h6,8,10-13,25H,4-5,7,9H2,1-3H3,(H2,22,23,24)/t12-/m0/s1. The number of hydrogen-bond acceptors (Lipinski definition) is 5. The third kappa shape index (κ3) is 3.91. The molecule has 0 radical (unpaired) electrons. The van der Waals surface area contributed by atoms with Gasteiger partial charge in [0.25, 0.3) is 10.0 Å². The van der Waals surface area contributed by atoms with Crippen LogP contribution in [0.15, 0.2) is 34.0 Å². The lowest BCUT2D eigenvalue weighted by molar-refractivity contribution is 0.0779. The van der Waals surface area contributed by atoms with E-state index in [-0.39, 0.29) is 0 Å². The summed E-state index contributed by atoms with van der Waals surface area (Å²) in [6.45, 7) is 5.19. The molecule has 1 aromatic heterocycles. The first-order chi connectivity index (χ1) is 13.6. The van der Waals surface area contributed by atoms with E-state index in [1.54, 1.807) is 0 Å². The van der Waals surface area contributed by atoms with Crippen molar-refractivity contribution in [3.8, 4) is 0 Å². The van der Waals surface area contributed by atoms with Crippen molar-refractivity contribution in [2.45, 2.75) is 63.1 Å². The third-order valence-electron chi connectivity index (χ3n) is 5.92. The zero-order valence-electron chi connectivity index (χ0n) is 16.8. The largest absolute Gasteiger partial charge is 0.451 e. The predicted molar refractivity (Wildman–Crippen MR) is 108 cm³/mol. The molecule has 0 spiro atoms. The van der Waals surface area contributed by atoms with Crippen molar-refractivity contribution >= 4 is 21.7 Å². The Morgan fingerprint density at radius 3 is 2.55 bits per heavy atom. The quantitative estimate of drug-likeness (QED) is 0.664. The van der Waals surface area contributed by atoms with Crippen LogP contribution in [-0.4, -0.2) is 19.6 Å². The van der Waals surface area contributed by atoms with Gasteiger partial charge in [-0.25, -0.2) is 9.52 Å². The van der Waals surface area contributed by atoms with E-state index in [2.05, 4.69) is 18.3 Å². The van der Waals surface area contributed by atoms with Crippen molar-refractivity contribution in [3.63, 3.8) is 0 Å². The van der Waals surface area contributed by atoms with Gasteiger partial charge in [-0.05, 0) is 68.1 Å². The number of aryl methyl sites for hydroxylation is 1. The van der Waals surface area contributed by atoms with Crippen LogP contribution in [0.5, 0.6) is 0 Å². The van der Waals surface area contributed by atoms with Crippen molar-refractivity contribution < 1.29 is 22.7 Å². The van der Waals surface area contributed by atoms with Crippen LogP contribution >= 0.6 is 0 Å². The van der Waals surface area contributed by atoms with Gasteiger partial charge in [0, 0.05) is 17.3 Å². The third-order valence-corrected chi connectivity index (χ3v) is 7.12. The summed E-state index contributed by atoms with van der Waals surface area (Å²) in [5.41, 5.74) is 3.13. The molecule has 0 aliphatic heterocycles. The molecule has 2 aliphatic carbocycles. The lowest BCUT2D eigenvalue weighted by Crippen LogP contribution is -2.35. The Morgan fingerprint density at radius 1 is 1.28 bits per heavy atom. The van der Waals surface area contributed by atoms with Crippen molar-refractivity contribution in [2.24, 2.45) is 5.92 Å². The van der Waals surface area contributed by atoms with Crippen molar-refractivity contribution in [1.82, 2.24) is 4.72 Å². The Morgan fingerprint density at radius 2 is 2.00 bits per heavy atom. The average molecular weight is 419 g/mol. The number of amides is 2. The van der Waals surface area contributed by atoms with E-state index >= 15 is 0 Å². The van der Waals surface area contributed by atoms with Gasteiger partial charge in [-0.15, -0.1) is 0 Å². The van der Waals surface area contributed by atoms with E-state index in [9.17, 15) is 18.3 Å². The zero-order valence-corrected chi connectivity index (χ0v) is 17.6. The maximum Gasteiger partial charge on any atom is 0.333 e. The second kappa shape index (κ2) is 6.88. The van der Waals surface area contributed by atoms with E-state index in [1.807, 2.05) is 10.8 Å². The molecular formula is C21H26N2O5S. The molecule has 1 aromatic carbocycles. The monoisotopic (exact) mass is 418 g/mol. The van der Waals surface area contributed by atoms with Gasteiger partial charge in [-0.1, -0.05) is 19.1 Å². The second-order valence-electron chi connectivity index (χ2n) is 8.57. The number of urea groups is 1. The highest BCUT2D eigenvalue weighted by atomic mass is 32.2. The number of furan rings is 1. The van der Waals surface area contributed by atoms with Gasteiger partial charge in [0.1, 0.15) is 0 Å². The number of carbonyl (C=O) groups excluding carboxylic acids is 1. The summed E-state index contributed by atoms with van der Waals surface area (Å²) in [4.78, 5) is 12.6. The Bertz CT molecular complexity index is 1060. The maximum atomic E-state index is 12.6. The fourth-order valence-electron chi connectivity index (χ4n) is 3.78. The van der Waals surface area contributed by atoms with Crippen LogP contribution < -0.4 is 10.0 Å². The molecule has 0 unspecified atom stereocenters. The Balaban J connectivity index is 1.54. The Hall–Kier alpha value is -2.32. The molecule has 2 aliphatic rings. The minimum absolute atomic E-state index is 0.309. The molecule has 3 N–H and O–H groups in total. The summed E-state index contributed by atoms with van der Waals surface area (Å²) in [5.74, 6) is 0.927. The Labute approximate surface area is 170 Å². The van der Waals surface area contributed by atoms with Gasteiger partial charge in [0.2, 0.25) is 5.09 Å². The smallest absolute Gasteiger partial charge is 0.333 e. The van der Waals surface area contributed by atoms with Gasteiger partial charge in [0.15, 0.2) is 0 Å². The van der Waals surface area contributed by atoms with Gasteiger partial charge in [0.05, 0.1) is 11.9 Å². The van der Waals surface area contributed by atoms with Crippen LogP contribution in [-0.2, 0) is 28.5 Å². The summed E-state index contributed by atoms with van der Waals surface area (Å²) >= 11 is 0. The van der Waals surface area contributed by atoms with E-state index in [4.69, 9.17) is 4.42 Å². The maximum absolute atomic E-state index is 12.6. The van der Waals surface area contributed by atoms with Crippen LogP contribution in [0.3, 0.4) is 0 Å². The van der Waals surface area contributed by atoms with E-state index in [0.717, 1.165) is 29.7 Å². The second-order valence-corrected chi connectivity index (χ2v) is 10.2. The van der Waals surface area contributed by atoms with E-state index in [1.165, 1.54) is 44.6 Å². The van der Waals surface area contributed by atoms with Crippen LogP contribution in [0, 0.1) is 5.92 Å². The molecule has 0 bridgehead atoms. The summed E-state index contributed by atoms with van der Waals surface area (Å²) in [6, 6.07) is 4.54. The lowest BCUT2D eigenvalue weighted by atomic mass is 9.82. The molecule has 2 amide bonds. The normalized spacial score (nSPS) is 17.2. The summed E-state index contributed by atoms with van der Waals surface area (Å²) < 4.78 is 32.1. The number of anilines is 1. The van der Waals surface area contributed by atoms with Gasteiger partial charge >= 0.3 is 6.03 Å². The molecule has 8 heteroatoms. The molecule has 1 heterocycles. The van der Waals surface area contributed by atoms with Gasteiger partial charge in [-0.2, -0.15) is 8.42 Å². The first-order valence-corrected chi connectivity index (χ1v) is 11.3. The highest BCUT2D eigenvalue weighted by Gasteiger charge is 2.33. The summed E-state index contributed by atoms with van der Waals surface area (Å²) in [6.07, 6.45) is 5.37. The molecular weight excluding hydrogens is 392 g/mol. The fourth-order valence-corrected chi connectivity index (χ4v) is 4.63. The lowest BCUT2D eigenvalue weighted by Gasteiger charge is -2.27. The number of fused-ring (bicyclic) bond motifs is 1. The number of carbonyl (C=O) groups is 1. The molecule has 1 atom stereocenters. The summed E-state index contributed by atoms with van der Waals surface area (Å²) in [5, 5.41) is 12.3. The molecule has 2 aromatic rings. The molecule has 7 nitrogen and oxygen atoms in total. The number of benzene rings is 1. The average Bonchev–Trinajstić information content (AvgIpc) is 3.29. The number of rotatable bonds is 6. The SMILES string of the molecule is C[C@H](c1ccc2c(c1NC(=O)NS(=O)(=O)c1cc(C(C)(C)O)co1)CC2)C1CC1. The van der Waals surface area contributed by atoms with Crippen molar-refractivity contribution in [3.05, 3.63) is 46.7 Å². The molecule has 0 saturated heterocycles. The van der Waals surface area contributed by atoms with Crippen molar-refractivity contribution in [2.75, 3.05) is 5.32 Å². The van der Waals surface area contributed by atoms with E-state index in [0.29, 0.717) is 17.4 Å². The zero-order chi connectivity index (χ0) is 21.0. The minimum Gasteiger partial charge on any atom is -0.451 e. The number of nitrogens with one attached hydrogen (secondary N) is 2. The molecule has 156 valence electrons.